The number of hydrogen-bond acceptors (Lipinski definition) is 2. The van der Waals surface area contributed by atoms with Crippen molar-refractivity contribution < 1.29 is 0 Å². The normalized spacial score (nSPS) is 26.9. The summed E-state index contributed by atoms with van der Waals surface area (Å²) >= 11 is 6.08. The van der Waals surface area contributed by atoms with E-state index in [0.29, 0.717) is 5.15 Å². The van der Waals surface area contributed by atoms with Gasteiger partial charge < -0.3 is 0 Å². The molecule has 1 aliphatic heterocycles. The van der Waals surface area contributed by atoms with Crippen LogP contribution in [-0.2, 0) is 6.54 Å². The highest BCUT2D eigenvalue weighted by atomic mass is 35.5. The summed E-state index contributed by atoms with van der Waals surface area (Å²) in [5.41, 5.74) is 1.14. The highest BCUT2D eigenvalue weighted by Crippen LogP contribution is 2.23. The molecule has 0 spiro atoms. The standard InChI is InChI=1S/C13H19ClN2/c1-10-6-11(2)8-16(7-10)9-12-4-3-5-15-13(12)14/h3-5,10-11H,6-9H2,1-2H3. The van der Waals surface area contributed by atoms with Crippen LogP contribution < -0.4 is 0 Å². The van der Waals surface area contributed by atoms with Crippen molar-refractivity contribution in [1.29, 1.82) is 0 Å². The van der Waals surface area contributed by atoms with Gasteiger partial charge in [-0.25, -0.2) is 4.98 Å². The van der Waals surface area contributed by atoms with Gasteiger partial charge in [0, 0.05) is 31.4 Å². The van der Waals surface area contributed by atoms with E-state index in [0.717, 1.165) is 23.9 Å². The first-order valence-electron chi connectivity index (χ1n) is 5.97. The Bertz CT molecular complexity index is 344. The molecule has 1 aromatic heterocycles. The first kappa shape index (κ1) is 11.9. The van der Waals surface area contributed by atoms with Gasteiger partial charge in [-0.2, -0.15) is 0 Å². The molecule has 0 amide bonds. The fourth-order valence-corrected chi connectivity index (χ4v) is 2.88. The second kappa shape index (κ2) is 5.15. The largest absolute Gasteiger partial charge is 0.298 e. The monoisotopic (exact) mass is 238 g/mol. The van der Waals surface area contributed by atoms with Gasteiger partial charge in [-0.1, -0.05) is 31.5 Å². The van der Waals surface area contributed by atoms with E-state index in [1.807, 2.05) is 6.07 Å². The van der Waals surface area contributed by atoms with Crippen LogP contribution in [0, 0.1) is 11.8 Å². The fourth-order valence-electron chi connectivity index (χ4n) is 2.70. The van der Waals surface area contributed by atoms with Crippen molar-refractivity contribution in [2.75, 3.05) is 13.1 Å². The predicted molar refractivity (Wildman–Crippen MR) is 67.5 cm³/mol. The molecule has 2 heterocycles. The minimum atomic E-state index is 0.647. The molecule has 0 saturated carbocycles. The quantitative estimate of drug-likeness (QED) is 0.736. The Hall–Kier alpha value is -0.600. The number of nitrogens with zero attached hydrogens (tertiary/aromatic N) is 2. The maximum Gasteiger partial charge on any atom is 0.133 e. The van der Waals surface area contributed by atoms with Crippen molar-refractivity contribution in [1.82, 2.24) is 9.88 Å². The van der Waals surface area contributed by atoms with Crippen molar-refractivity contribution in [3.8, 4) is 0 Å². The van der Waals surface area contributed by atoms with Crippen LogP contribution in [0.5, 0.6) is 0 Å². The fraction of sp³-hybridized carbons (Fsp3) is 0.615. The third kappa shape index (κ3) is 2.96. The van der Waals surface area contributed by atoms with Crippen LogP contribution in [0.1, 0.15) is 25.8 Å². The zero-order chi connectivity index (χ0) is 11.5. The van der Waals surface area contributed by atoms with Gasteiger partial charge in [-0.05, 0) is 24.3 Å². The van der Waals surface area contributed by atoms with Gasteiger partial charge in [0.25, 0.3) is 0 Å². The molecule has 2 rings (SSSR count). The van der Waals surface area contributed by atoms with Crippen LogP contribution in [-0.4, -0.2) is 23.0 Å². The van der Waals surface area contributed by atoms with Crippen LogP contribution in [0.3, 0.4) is 0 Å². The van der Waals surface area contributed by atoms with Crippen LogP contribution in [0.15, 0.2) is 18.3 Å². The van der Waals surface area contributed by atoms with Crippen molar-refractivity contribution >= 4 is 11.6 Å². The van der Waals surface area contributed by atoms with Gasteiger partial charge in [-0.15, -0.1) is 0 Å². The summed E-state index contributed by atoms with van der Waals surface area (Å²) in [6.07, 6.45) is 3.09. The van der Waals surface area contributed by atoms with Crippen LogP contribution in [0.25, 0.3) is 0 Å². The van der Waals surface area contributed by atoms with Crippen molar-refractivity contribution in [3.63, 3.8) is 0 Å². The lowest BCUT2D eigenvalue weighted by atomic mass is 9.92. The Morgan fingerprint density at radius 2 is 2.06 bits per heavy atom. The predicted octanol–water partition coefficient (Wildman–Crippen LogP) is 3.21. The Morgan fingerprint density at radius 1 is 1.38 bits per heavy atom. The summed E-state index contributed by atoms with van der Waals surface area (Å²) in [6.45, 7) is 7.94. The Morgan fingerprint density at radius 3 is 2.69 bits per heavy atom. The number of likely N-dealkylation sites (tertiary alicyclic amines) is 1. The zero-order valence-electron chi connectivity index (χ0n) is 9.99. The first-order chi connectivity index (χ1) is 7.65. The molecule has 1 aromatic rings. The molecule has 1 saturated heterocycles. The van der Waals surface area contributed by atoms with E-state index in [1.165, 1.54) is 19.5 Å². The molecule has 0 aromatic carbocycles. The number of rotatable bonds is 2. The summed E-state index contributed by atoms with van der Waals surface area (Å²) in [7, 11) is 0. The maximum atomic E-state index is 6.08. The molecule has 0 N–H and O–H groups in total. The minimum Gasteiger partial charge on any atom is -0.298 e. The van der Waals surface area contributed by atoms with Gasteiger partial charge in [0.1, 0.15) is 5.15 Å². The molecular formula is C13H19ClN2. The average molecular weight is 239 g/mol. The summed E-state index contributed by atoms with van der Waals surface area (Å²) in [5.74, 6) is 1.58. The van der Waals surface area contributed by atoms with E-state index in [-0.39, 0.29) is 0 Å². The average Bonchev–Trinajstić information content (AvgIpc) is 2.20. The van der Waals surface area contributed by atoms with E-state index in [2.05, 4.69) is 29.8 Å². The van der Waals surface area contributed by atoms with Crippen LogP contribution in [0.4, 0.5) is 0 Å². The number of pyridine rings is 1. The molecule has 0 aliphatic carbocycles. The minimum absolute atomic E-state index is 0.647. The molecule has 88 valence electrons. The summed E-state index contributed by atoms with van der Waals surface area (Å²) in [4.78, 5) is 6.61. The van der Waals surface area contributed by atoms with Crippen molar-refractivity contribution in [2.45, 2.75) is 26.8 Å². The number of aromatic nitrogens is 1. The summed E-state index contributed by atoms with van der Waals surface area (Å²) in [6, 6.07) is 4.03. The Labute approximate surface area is 103 Å². The first-order valence-corrected chi connectivity index (χ1v) is 6.34. The lowest BCUT2D eigenvalue weighted by Crippen LogP contribution is -2.38. The van der Waals surface area contributed by atoms with E-state index < -0.39 is 0 Å². The summed E-state index contributed by atoms with van der Waals surface area (Å²) < 4.78 is 0. The Balaban J connectivity index is 2.02. The van der Waals surface area contributed by atoms with E-state index in [9.17, 15) is 0 Å². The molecular weight excluding hydrogens is 220 g/mol. The molecule has 2 nitrogen and oxygen atoms in total. The van der Waals surface area contributed by atoms with E-state index in [1.54, 1.807) is 6.20 Å². The third-order valence-corrected chi connectivity index (χ3v) is 3.52. The van der Waals surface area contributed by atoms with Gasteiger partial charge in [0.2, 0.25) is 0 Å². The highest BCUT2D eigenvalue weighted by Gasteiger charge is 2.22. The smallest absolute Gasteiger partial charge is 0.133 e. The second-order valence-corrected chi connectivity index (χ2v) is 5.45. The van der Waals surface area contributed by atoms with Crippen LogP contribution >= 0.6 is 11.6 Å². The SMILES string of the molecule is CC1CC(C)CN(Cc2cccnc2Cl)C1. The molecule has 2 atom stereocenters. The third-order valence-electron chi connectivity index (χ3n) is 3.17. The molecule has 0 bridgehead atoms. The number of hydrogen-bond donors (Lipinski definition) is 0. The number of piperidine rings is 1. The maximum absolute atomic E-state index is 6.08. The molecule has 2 unspecified atom stereocenters. The second-order valence-electron chi connectivity index (χ2n) is 5.09. The van der Waals surface area contributed by atoms with Crippen molar-refractivity contribution in [2.24, 2.45) is 11.8 Å². The molecule has 16 heavy (non-hydrogen) atoms. The number of halogens is 1. The van der Waals surface area contributed by atoms with E-state index in [4.69, 9.17) is 11.6 Å². The Kier molecular flexibility index (Phi) is 3.82. The van der Waals surface area contributed by atoms with Gasteiger partial charge in [0.15, 0.2) is 0 Å². The van der Waals surface area contributed by atoms with Gasteiger partial charge >= 0.3 is 0 Å². The molecule has 1 aliphatic rings. The van der Waals surface area contributed by atoms with Gasteiger partial charge in [0.05, 0.1) is 0 Å². The molecule has 1 fully saturated rings. The van der Waals surface area contributed by atoms with Gasteiger partial charge in [-0.3, -0.25) is 4.90 Å². The molecule has 0 radical (unpaired) electrons. The topological polar surface area (TPSA) is 16.1 Å². The zero-order valence-corrected chi connectivity index (χ0v) is 10.7. The lowest BCUT2D eigenvalue weighted by Gasteiger charge is -2.35. The summed E-state index contributed by atoms with van der Waals surface area (Å²) in [5, 5.41) is 0.647. The molecule has 3 heteroatoms. The van der Waals surface area contributed by atoms with Crippen LogP contribution in [0.2, 0.25) is 5.15 Å². The van der Waals surface area contributed by atoms with E-state index >= 15 is 0 Å². The lowest BCUT2D eigenvalue weighted by molar-refractivity contribution is 0.134. The van der Waals surface area contributed by atoms with Crippen molar-refractivity contribution in [3.05, 3.63) is 29.0 Å². The highest BCUT2D eigenvalue weighted by molar-refractivity contribution is 6.30.